The smallest absolute Gasteiger partial charge is 0.142 e. The summed E-state index contributed by atoms with van der Waals surface area (Å²) in [5.41, 5.74) is 7.47. The van der Waals surface area contributed by atoms with Gasteiger partial charge in [-0.2, -0.15) is 0 Å². The fraction of sp³-hybridized carbons (Fsp3) is 0.500. The van der Waals surface area contributed by atoms with Gasteiger partial charge in [-0.05, 0) is 81.6 Å². The summed E-state index contributed by atoms with van der Waals surface area (Å²) in [6.07, 6.45) is 5.11. The first-order valence-corrected chi connectivity index (χ1v) is 7.69. The van der Waals surface area contributed by atoms with Crippen LogP contribution >= 0.6 is 57.6 Å². The van der Waals surface area contributed by atoms with Gasteiger partial charge in [-0.25, -0.2) is 0 Å². The van der Waals surface area contributed by atoms with Gasteiger partial charge in [0.05, 0.1) is 7.14 Å². The van der Waals surface area contributed by atoms with E-state index in [0.29, 0.717) is 11.7 Å². The van der Waals surface area contributed by atoms with Crippen molar-refractivity contribution in [2.24, 2.45) is 11.7 Å². The molecule has 1 aliphatic rings. The maximum Gasteiger partial charge on any atom is 0.142 e. The number of halogens is 3. The minimum absolute atomic E-state index is 0. The third-order valence-corrected chi connectivity index (χ3v) is 4.98. The molecular weight excluding hydrogens is 463 g/mol. The highest BCUT2D eigenvalue weighted by Crippen LogP contribution is 2.37. The first-order chi connectivity index (χ1) is 7.59. The quantitative estimate of drug-likeness (QED) is 0.625. The molecule has 96 valence electrons. The van der Waals surface area contributed by atoms with Crippen LogP contribution in [0.3, 0.4) is 0 Å². The summed E-state index contributed by atoms with van der Waals surface area (Å²) < 4.78 is 1.79. The Morgan fingerprint density at radius 2 is 1.65 bits per heavy atom. The van der Waals surface area contributed by atoms with E-state index >= 15 is 0 Å². The summed E-state index contributed by atoms with van der Waals surface area (Å²) in [5.74, 6) is 1.000. The van der Waals surface area contributed by atoms with Gasteiger partial charge in [0.1, 0.15) is 5.75 Å². The average molecular weight is 480 g/mol. The number of aromatic hydroxyl groups is 1. The van der Waals surface area contributed by atoms with Crippen molar-refractivity contribution >= 4 is 57.6 Å². The van der Waals surface area contributed by atoms with Crippen LogP contribution in [0, 0.1) is 13.1 Å². The van der Waals surface area contributed by atoms with Gasteiger partial charge in [-0.15, -0.1) is 12.4 Å². The zero-order valence-electron chi connectivity index (χ0n) is 9.33. The number of phenolic OH excluding ortho intramolecular Hbond substituents is 1. The van der Waals surface area contributed by atoms with E-state index < -0.39 is 0 Å². The van der Waals surface area contributed by atoms with Crippen LogP contribution in [0.25, 0.3) is 0 Å². The second-order valence-corrected chi connectivity index (χ2v) is 6.73. The standard InChI is InChI=1S/C12H15I2NO.ClH/c13-9-5-8(6-10(14)12(9)16)11(15)7-3-1-2-4-7;/h5-7,11,16H,1-4,15H2;1H/t11-;/m1./s1. The number of benzene rings is 1. The Hall–Kier alpha value is 0.730. The van der Waals surface area contributed by atoms with E-state index in [0.717, 1.165) is 7.14 Å². The van der Waals surface area contributed by atoms with Crippen LogP contribution in [-0.2, 0) is 0 Å². The van der Waals surface area contributed by atoms with Crippen molar-refractivity contribution in [3.8, 4) is 5.75 Å². The molecule has 2 nitrogen and oxygen atoms in total. The topological polar surface area (TPSA) is 46.2 Å². The Bertz CT molecular complexity index is 371. The van der Waals surface area contributed by atoms with E-state index in [4.69, 9.17) is 5.73 Å². The molecule has 17 heavy (non-hydrogen) atoms. The molecule has 1 saturated carbocycles. The molecule has 0 aliphatic heterocycles. The molecule has 0 unspecified atom stereocenters. The van der Waals surface area contributed by atoms with E-state index in [9.17, 15) is 5.11 Å². The first kappa shape index (κ1) is 15.8. The van der Waals surface area contributed by atoms with Gasteiger partial charge in [-0.3, -0.25) is 0 Å². The molecule has 1 atom stereocenters. The highest BCUT2D eigenvalue weighted by Gasteiger charge is 2.24. The Balaban J connectivity index is 0.00000144. The molecular formula is C12H16ClI2NO. The third-order valence-electron chi connectivity index (χ3n) is 3.33. The van der Waals surface area contributed by atoms with Crippen molar-refractivity contribution in [2.75, 3.05) is 0 Å². The Morgan fingerprint density at radius 1 is 1.18 bits per heavy atom. The lowest BCUT2D eigenvalue weighted by Crippen LogP contribution is -2.19. The number of hydrogen-bond acceptors (Lipinski definition) is 2. The van der Waals surface area contributed by atoms with Crippen LogP contribution in [0.2, 0.25) is 0 Å². The average Bonchev–Trinajstić information content (AvgIpc) is 2.77. The van der Waals surface area contributed by atoms with Crippen LogP contribution < -0.4 is 5.73 Å². The molecule has 0 amide bonds. The van der Waals surface area contributed by atoms with Gasteiger partial charge >= 0.3 is 0 Å². The lowest BCUT2D eigenvalue weighted by Gasteiger charge is -2.20. The van der Waals surface area contributed by atoms with Gasteiger partial charge in [-0.1, -0.05) is 12.8 Å². The molecule has 1 fully saturated rings. The van der Waals surface area contributed by atoms with Crippen molar-refractivity contribution in [1.82, 2.24) is 0 Å². The molecule has 0 bridgehead atoms. The Morgan fingerprint density at radius 3 is 2.12 bits per heavy atom. The summed E-state index contributed by atoms with van der Waals surface area (Å²) in [4.78, 5) is 0. The summed E-state index contributed by atoms with van der Waals surface area (Å²) >= 11 is 4.32. The number of nitrogens with two attached hydrogens (primary N) is 1. The van der Waals surface area contributed by atoms with E-state index in [2.05, 4.69) is 45.2 Å². The molecule has 1 aromatic rings. The van der Waals surface area contributed by atoms with Crippen molar-refractivity contribution < 1.29 is 5.11 Å². The molecule has 1 aliphatic carbocycles. The molecule has 0 spiro atoms. The molecule has 0 aromatic heterocycles. The molecule has 0 heterocycles. The SMILES string of the molecule is Cl.N[C@@H](c1cc(I)c(O)c(I)c1)C1CCCC1. The minimum atomic E-state index is 0. The highest BCUT2D eigenvalue weighted by molar-refractivity contribution is 14.1. The summed E-state index contributed by atoms with van der Waals surface area (Å²) in [7, 11) is 0. The maximum absolute atomic E-state index is 9.72. The molecule has 2 rings (SSSR count). The van der Waals surface area contributed by atoms with Crippen LogP contribution in [0.4, 0.5) is 0 Å². The van der Waals surface area contributed by atoms with E-state index in [1.807, 2.05) is 12.1 Å². The Labute approximate surface area is 135 Å². The van der Waals surface area contributed by atoms with Crippen molar-refractivity contribution in [3.63, 3.8) is 0 Å². The van der Waals surface area contributed by atoms with Gasteiger partial charge in [0.15, 0.2) is 0 Å². The van der Waals surface area contributed by atoms with Gasteiger partial charge in [0.25, 0.3) is 0 Å². The van der Waals surface area contributed by atoms with Crippen molar-refractivity contribution in [3.05, 3.63) is 24.8 Å². The van der Waals surface area contributed by atoms with Crippen LogP contribution in [0.1, 0.15) is 37.3 Å². The summed E-state index contributed by atoms with van der Waals surface area (Å²) in [5, 5.41) is 9.72. The zero-order chi connectivity index (χ0) is 11.7. The molecule has 5 heteroatoms. The second kappa shape index (κ2) is 6.77. The molecule has 1 aromatic carbocycles. The third kappa shape index (κ3) is 3.61. The maximum atomic E-state index is 9.72. The van der Waals surface area contributed by atoms with Crippen LogP contribution in [0.15, 0.2) is 12.1 Å². The largest absolute Gasteiger partial charge is 0.506 e. The van der Waals surface area contributed by atoms with Crippen molar-refractivity contribution in [1.29, 1.82) is 0 Å². The molecule has 3 N–H and O–H groups in total. The summed E-state index contributed by atoms with van der Waals surface area (Å²) in [6.45, 7) is 0. The second-order valence-electron chi connectivity index (χ2n) is 4.40. The number of hydrogen-bond donors (Lipinski definition) is 2. The highest BCUT2D eigenvalue weighted by atomic mass is 127. The molecule has 0 saturated heterocycles. The van der Waals surface area contributed by atoms with Crippen molar-refractivity contribution in [2.45, 2.75) is 31.7 Å². The Kier molecular flexibility index (Phi) is 6.29. The minimum Gasteiger partial charge on any atom is -0.506 e. The number of phenols is 1. The van der Waals surface area contributed by atoms with E-state index in [1.54, 1.807) is 0 Å². The van der Waals surface area contributed by atoms with Gasteiger partial charge in [0, 0.05) is 6.04 Å². The summed E-state index contributed by atoms with van der Waals surface area (Å²) in [6, 6.07) is 4.16. The predicted octanol–water partition coefficient (Wildman–Crippen LogP) is 4.21. The fourth-order valence-corrected chi connectivity index (χ4v) is 4.18. The monoisotopic (exact) mass is 479 g/mol. The van der Waals surface area contributed by atoms with Gasteiger partial charge < -0.3 is 10.8 Å². The zero-order valence-corrected chi connectivity index (χ0v) is 14.5. The normalized spacial score (nSPS) is 17.8. The van der Waals surface area contributed by atoms with E-state index in [1.165, 1.54) is 31.2 Å². The molecule has 0 radical (unpaired) electrons. The lowest BCUT2D eigenvalue weighted by molar-refractivity contribution is 0.441. The lowest BCUT2D eigenvalue weighted by atomic mass is 9.92. The number of rotatable bonds is 2. The van der Waals surface area contributed by atoms with E-state index in [-0.39, 0.29) is 18.4 Å². The predicted molar refractivity (Wildman–Crippen MR) is 89.7 cm³/mol. The van der Waals surface area contributed by atoms with Crippen LogP contribution in [0.5, 0.6) is 5.75 Å². The fourth-order valence-electron chi connectivity index (χ4n) is 2.37. The first-order valence-electron chi connectivity index (χ1n) is 5.53. The van der Waals surface area contributed by atoms with Crippen LogP contribution in [-0.4, -0.2) is 5.11 Å². The van der Waals surface area contributed by atoms with Gasteiger partial charge in [0.2, 0.25) is 0 Å².